The largest absolute Gasteiger partial charge is 1.00 e. The quantitative estimate of drug-likeness (QED) is 0.269. The minimum atomic E-state index is -5.38. The number of nitrogens with zero attached hydrogens (tertiary/aromatic N) is 1. The number of likely N-dealkylation sites (tertiary alicyclic amines) is 1. The summed E-state index contributed by atoms with van der Waals surface area (Å²) < 4.78 is 23.2. The van der Waals surface area contributed by atoms with Crippen molar-refractivity contribution >= 4 is 15.2 Å². The third kappa shape index (κ3) is 4.28. The predicted molar refractivity (Wildman–Crippen MR) is 72.8 cm³/mol. The summed E-state index contributed by atoms with van der Waals surface area (Å²) in [5.74, 6) is 0.00312. The van der Waals surface area contributed by atoms with Gasteiger partial charge in [-0.1, -0.05) is 6.92 Å². The summed E-state index contributed by atoms with van der Waals surface area (Å²) >= 11 is 0. The van der Waals surface area contributed by atoms with Gasteiger partial charge in [0.2, 0.25) is 0 Å². The normalized spacial score (nSPS) is 27.0. The molecule has 0 amide bonds. The molecule has 2 unspecified atom stereocenters. The molecule has 0 aromatic rings. The van der Waals surface area contributed by atoms with E-state index in [0.29, 0.717) is 4.48 Å². The Hall–Kier alpha value is 0.510. The van der Waals surface area contributed by atoms with E-state index >= 15 is 0 Å². The molecule has 8 nitrogen and oxygen atoms in total. The number of hydrogen-bond acceptors (Lipinski definition) is 3. The van der Waals surface area contributed by atoms with Crippen molar-refractivity contribution in [3.05, 3.63) is 0 Å². The monoisotopic (exact) mass is 367 g/mol. The Bertz CT molecular complexity index is 438. The first-order valence-electron chi connectivity index (χ1n) is 6.39. The lowest BCUT2D eigenvalue weighted by molar-refractivity contribution is -0.924. The molecule has 1 saturated heterocycles. The summed E-state index contributed by atoms with van der Waals surface area (Å²) in [5, 5.41) is 6.74. The average Bonchev–Trinajstić information content (AvgIpc) is 2.19. The Morgan fingerprint density at radius 3 is 1.90 bits per heavy atom. The van der Waals surface area contributed by atoms with Crippen molar-refractivity contribution in [2.75, 3.05) is 20.6 Å². The fraction of sp³-hybridized carbons (Fsp3) is 1.00. The number of aliphatic hydroxyl groups is 1. The molecule has 0 aromatic carbocycles. The Morgan fingerprint density at radius 2 is 1.57 bits per heavy atom. The molecule has 11 heteroatoms. The molecule has 128 valence electrons. The van der Waals surface area contributed by atoms with Crippen LogP contribution in [0.3, 0.4) is 0 Å². The standard InChI is InChI=1S/C10H23NO7P2.ClH/c1-8-5-4-6-11(2,3)9(8)7-10(12,19(13,14)15)20(16,17)18;/h8-9,12H,4-7H2,1-3H3,(H3-,13,14,15,16,17,18);1H. The van der Waals surface area contributed by atoms with Crippen LogP contribution in [0.4, 0.5) is 0 Å². The minimum absolute atomic E-state index is 0. The van der Waals surface area contributed by atoms with Gasteiger partial charge in [0, 0.05) is 5.92 Å². The van der Waals surface area contributed by atoms with Crippen molar-refractivity contribution in [3.63, 3.8) is 0 Å². The Kier molecular flexibility index (Phi) is 6.71. The molecule has 1 aliphatic heterocycles. The molecule has 5 N–H and O–H groups in total. The second-order valence-corrected chi connectivity index (χ2v) is 10.3. The van der Waals surface area contributed by atoms with Crippen molar-refractivity contribution in [2.24, 2.45) is 5.92 Å². The SMILES string of the molecule is CC1CCC[N+](C)(C)C1CC(O)(P(=O)(O)O)P(=O)(O)O.[Cl-]. The number of piperidine rings is 1. The number of quaternary nitrogens is 1. The third-order valence-corrected chi connectivity index (χ3v) is 8.16. The highest BCUT2D eigenvalue weighted by molar-refractivity contribution is 7.72. The van der Waals surface area contributed by atoms with Gasteiger partial charge in [-0.05, 0) is 12.8 Å². The Labute approximate surface area is 130 Å². The van der Waals surface area contributed by atoms with E-state index in [-0.39, 0.29) is 18.3 Å². The van der Waals surface area contributed by atoms with Gasteiger partial charge in [0.1, 0.15) is 0 Å². The zero-order valence-corrected chi connectivity index (χ0v) is 14.8. The lowest BCUT2D eigenvalue weighted by Crippen LogP contribution is -3.00. The highest BCUT2D eigenvalue weighted by atomic mass is 35.5. The van der Waals surface area contributed by atoms with Crippen molar-refractivity contribution in [1.82, 2.24) is 0 Å². The minimum Gasteiger partial charge on any atom is -1.00 e. The summed E-state index contributed by atoms with van der Waals surface area (Å²) in [6.07, 6.45) is 1.09. The van der Waals surface area contributed by atoms with E-state index in [4.69, 9.17) is 0 Å². The van der Waals surface area contributed by atoms with E-state index in [2.05, 4.69) is 0 Å². The molecule has 0 aromatic heterocycles. The van der Waals surface area contributed by atoms with E-state index in [1.54, 1.807) is 0 Å². The number of halogens is 1. The van der Waals surface area contributed by atoms with Gasteiger partial charge in [0.05, 0.1) is 33.1 Å². The first-order valence-corrected chi connectivity index (χ1v) is 9.61. The zero-order valence-electron chi connectivity index (χ0n) is 12.3. The number of hydrogen-bond donors (Lipinski definition) is 5. The molecule has 0 spiro atoms. The van der Waals surface area contributed by atoms with Gasteiger partial charge in [-0.3, -0.25) is 9.13 Å². The molecule has 0 aliphatic carbocycles. The molecule has 1 rings (SSSR count). The fourth-order valence-corrected chi connectivity index (χ4v) is 5.21. The summed E-state index contributed by atoms with van der Waals surface area (Å²) in [7, 11) is -7.09. The van der Waals surface area contributed by atoms with Crippen molar-refractivity contribution in [2.45, 2.75) is 37.3 Å². The summed E-state index contributed by atoms with van der Waals surface area (Å²) in [6.45, 7) is 2.59. The van der Waals surface area contributed by atoms with Crippen LogP contribution in [0.15, 0.2) is 0 Å². The van der Waals surface area contributed by atoms with Gasteiger partial charge >= 0.3 is 15.2 Å². The Morgan fingerprint density at radius 1 is 1.14 bits per heavy atom. The van der Waals surface area contributed by atoms with Gasteiger partial charge in [0.25, 0.3) is 5.08 Å². The van der Waals surface area contributed by atoms with E-state index in [9.17, 15) is 33.8 Å². The van der Waals surface area contributed by atoms with E-state index in [1.165, 1.54) is 0 Å². The van der Waals surface area contributed by atoms with Crippen molar-refractivity contribution in [3.8, 4) is 0 Å². The molecular weight excluding hydrogens is 344 g/mol. The highest BCUT2D eigenvalue weighted by Gasteiger charge is 2.62. The second kappa shape index (κ2) is 6.56. The topological polar surface area (TPSA) is 135 Å². The second-order valence-electron chi connectivity index (χ2n) is 6.26. The third-order valence-electron chi connectivity index (χ3n) is 4.36. The van der Waals surface area contributed by atoms with Gasteiger partial charge in [-0.2, -0.15) is 0 Å². The van der Waals surface area contributed by atoms with Gasteiger partial charge < -0.3 is 41.6 Å². The maximum atomic E-state index is 11.4. The molecule has 1 fully saturated rings. The van der Waals surface area contributed by atoms with E-state index < -0.39 is 32.7 Å². The van der Waals surface area contributed by atoms with E-state index in [0.717, 1.165) is 19.4 Å². The maximum absolute atomic E-state index is 11.4. The molecule has 1 heterocycles. The summed E-state index contributed by atoms with van der Waals surface area (Å²) in [5.41, 5.74) is 0. The first-order chi connectivity index (χ1) is 8.72. The molecule has 0 bridgehead atoms. The van der Waals surface area contributed by atoms with Crippen LogP contribution in [0.5, 0.6) is 0 Å². The lowest BCUT2D eigenvalue weighted by atomic mass is 9.87. The smallest absolute Gasteiger partial charge is 0.369 e. The van der Waals surface area contributed by atoms with Gasteiger partial charge in [0.15, 0.2) is 0 Å². The van der Waals surface area contributed by atoms with Crippen molar-refractivity contribution < 1.29 is 50.7 Å². The molecule has 0 radical (unpaired) electrons. The van der Waals surface area contributed by atoms with Crippen LogP contribution in [0.2, 0.25) is 0 Å². The van der Waals surface area contributed by atoms with Crippen LogP contribution >= 0.6 is 15.2 Å². The predicted octanol–water partition coefficient (Wildman–Crippen LogP) is -2.74. The van der Waals surface area contributed by atoms with Crippen LogP contribution in [-0.2, 0) is 9.13 Å². The molecule has 2 atom stereocenters. The van der Waals surface area contributed by atoms with E-state index in [1.807, 2.05) is 21.0 Å². The molecule has 0 saturated carbocycles. The molecule has 21 heavy (non-hydrogen) atoms. The summed E-state index contributed by atoms with van der Waals surface area (Å²) in [4.78, 5) is 36.9. The van der Waals surface area contributed by atoms with Crippen LogP contribution in [0.1, 0.15) is 26.2 Å². The average molecular weight is 368 g/mol. The van der Waals surface area contributed by atoms with Gasteiger partial charge in [-0.25, -0.2) is 0 Å². The van der Waals surface area contributed by atoms with Crippen molar-refractivity contribution in [1.29, 1.82) is 0 Å². The Balaban J connectivity index is 0.00000400. The fourth-order valence-electron chi connectivity index (χ4n) is 3.00. The summed E-state index contributed by atoms with van der Waals surface area (Å²) in [6, 6.07) is -0.436. The first kappa shape index (κ1) is 21.5. The molecular formula is C10H24ClNO7P2. The van der Waals surface area contributed by atoms with Gasteiger partial charge in [-0.15, -0.1) is 0 Å². The zero-order chi connectivity index (χ0) is 16.0. The number of rotatable bonds is 4. The lowest BCUT2D eigenvalue weighted by Gasteiger charge is -2.47. The highest BCUT2D eigenvalue weighted by Crippen LogP contribution is 2.69. The van der Waals surface area contributed by atoms with Crippen LogP contribution in [0.25, 0.3) is 0 Å². The maximum Gasteiger partial charge on any atom is 0.369 e. The van der Waals surface area contributed by atoms with Crippen LogP contribution in [-0.4, -0.2) is 60.9 Å². The van der Waals surface area contributed by atoms with Crippen LogP contribution in [0, 0.1) is 5.92 Å². The van der Waals surface area contributed by atoms with Crippen LogP contribution < -0.4 is 12.4 Å². The molecule has 1 aliphatic rings.